The first-order valence-corrected chi connectivity index (χ1v) is 10.7. The van der Waals surface area contributed by atoms with Gasteiger partial charge in [-0.15, -0.1) is 0 Å². The highest BCUT2D eigenvalue weighted by Crippen LogP contribution is 2.53. The SMILES string of the molecule is COc1ccc2ccccc2c1N1c2ccc(C)cc2C(=C(C)C)c2cc(C)ccc21. The first-order valence-electron chi connectivity index (χ1n) is 10.7. The Morgan fingerprint density at radius 3 is 1.94 bits per heavy atom. The van der Waals surface area contributed by atoms with Crippen molar-refractivity contribution in [2.24, 2.45) is 0 Å². The van der Waals surface area contributed by atoms with Crippen LogP contribution < -0.4 is 9.64 Å². The first-order chi connectivity index (χ1) is 15.0. The summed E-state index contributed by atoms with van der Waals surface area (Å²) in [5, 5.41) is 2.38. The third kappa shape index (κ3) is 3.02. The van der Waals surface area contributed by atoms with Crippen LogP contribution in [0.15, 0.2) is 78.4 Å². The van der Waals surface area contributed by atoms with Gasteiger partial charge in [-0.25, -0.2) is 0 Å². The van der Waals surface area contributed by atoms with Gasteiger partial charge in [0.05, 0.1) is 24.2 Å². The Balaban J connectivity index is 1.94. The molecule has 1 aliphatic rings. The summed E-state index contributed by atoms with van der Waals surface area (Å²) in [4.78, 5) is 2.39. The second-order valence-electron chi connectivity index (χ2n) is 8.59. The molecular weight excluding hydrogens is 378 g/mol. The Labute approximate surface area is 184 Å². The molecule has 0 fully saturated rings. The predicted octanol–water partition coefficient (Wildman–Crippen LogP) is 8.09. The molecule has 0 saturated carbocycles. The van der Waals surface area contributed by atoms with Crippen molar-refractivity contribution in [3.8, 4) is 5.75 Å². The van der Waals surface area contributed by atoms with Crippen LogP contribution in [0, 0.1) is 13.8 Å². The van der Waals surface area contributed by atoms with E-state index in [0.29, 0.717) is 0 Å². The van der Waals surface area contributed by atoms with Crippen molar-refractivity contribution in [2.75, 3.05) is 12.0 Å². The summed E-state index contributed by atoms with van der Waals surface area (Å²) in [6.07, 6.45) is 0. The molecule has 0 atom stereocenters. The van der Waals surface area contributed by atoms with E-state index in [-0.39, 0.29) is 0 Å². The molecule has 0 aliphatic carbocycles. The van der Waals surface area contributed by atoms with E-state index in [1.807, 2.05) is 0 Å². The maximum atomic E-state index is 5.90. The van der Waals surface area contributed by atoms with Gasteiger partial charge in [-0.3, -0.25) is 0 Å². The van der Waals surface area contributed by atoms with Gasteiger partial charge in [0.25, 0.3) is 0 Å². The fourth-order valence-corrected chi connectivity index (χ4v) is 4.78. The quantitative estimate of drug-likeness (QED) is 0.294. The van der Waals surface area contributed by atoms with Gasteiger partial charge < -0.3 is 9.64 Å². The maximum Gasteiger partial charge on any atom is 0.143 e. The molecule has 0 aromatic heterocycles. The topological polar surface area (TPSA) is 12.5 Å². The molecule has 1 heterocycles. The monoisotopic (exact) mass is 405 g/mol. The van der Waals surface area contributed by atoms with E-state index in [1.165, 1.54) is 55.5 Å². The van der Waals surface area contributed by atoms with Crippen LogP contribution in [-0.4, -0.2) is 7.11 Å². The van der Waals surface area contributed by atoms with Crippen LogP contribution in [-0.2, 0) is 0 Å². The Bertz CT molecular complexity index is 1300. The Morgan fingerprint density at radius 2 is 1.35 bits per heavy atom. The molecule has 31 heavy (non-hydrogen) atoms. The minimum absolute atomic E-state index is 0.873. The lowest BCUT2D eigenvalue weighted by atomic mass is 9.85. The number of aryl methyl sites for hydroxylation is 2. The van der Waals surface area contributed by atoms with Crippen molar-refractivity contribution < 1.29 is 4.74 Å². The Kier molecular flexibility index (Phi) is 4.59. The highest BCUT2D eigenvalue weighted by atomic mass is 16.5. The smallest absolute Gasteiger partial charge is 0.143 e. The van der Waals surface area contributed by atoms with Crippen LogP contribution in [0.2, 0.25) is 0 Å². The summed E-state index contributed by atoms with van der Waals surface area (Å²) in [6, 6.07) is 26.3. The molecular formula is C29H27NO. The molecule has 2 nitrogen and oxygen atoms in total. The number of anilines is 3. The second-order valence-corrected chi connectivity index (χ2v) is 8.59. The summed E-state index contributed by atoms with van der Waals surface area (Å²) < 4.78 is 5.90. The predicted molar refractivity (Wildman–Crippen MR) is 132 cm³/mol. The molecule has 154 valence electrons. The third-order valence-corrected chi connectivity index (χ3v) is 6.13. The van der Waals surface area contributed by atoms with Crippen LogP contribution in [0.25, 0.3) is 16.3 Å². The minimum atomic E-state index is 0.873. The molecule has 0 saturated heterocycles. The molecule has 0 radical (unpaired) electrons. The number of hydrogen-bond acceptors (Lipinski definition) is 2. The zero-order valence-corrected chi connectivity index (χ0v) is 18.8. The van der Waals surface area contributed by atoms with Gasteiger partial charge in [0.15, 0.2) is 0 Å². The zero-order valence-electron chi connectivity index (χ0n) is 18.8. The van der Waals surface area contributed by atoms with Gasteiger partial charge in [0, 0.05) is 16.5 Å². The van der Waals surface area contributed by atoms with E-state index in [0.717, 1.165) is 11.4 Å². The normalized spacial score (nSPS) is 12.5. The zero-order chi connectivity index (χ0) is 21.7. The minimum Gasteiger partial charge on any atom is -0.495 e. The van der Waals surface area contributed by atoms with E-state index in [4.69, 9.17) is 4.74 Å². The fraction of sp³-hybridized carbons (Fsp3) is 0.172. The first kappa shape index (κ1) is 19.4. The molecule has 0 N–H and O–H groups in total. The molecule has 4 aromatic rings. The number of allylic oxidation sites excluding steroid dienone is 1. The van der Waals surface area contributed by atoms with Crippen molar-refractivity contribution in [1.82, 2.24) is 0 Å². The number of ether oxygens (including phenoxy) is 1. The van der Waals surface area contributed by atoms with Crippen LogP contribution in [0.3, 0.4) is 0 Å². The molecule has 0 bridgehead atoms. The van der Waals surface area contributed by atoms with Crippen LogP contribution >= 0.6 is 0 Å². The van der Waals surface area contributed by atoms with Crippen LogP contribution in [0.1, 0.15) is 36.1 Å². The third-order valence-electron chi connectivity index (χ3n) is 6.13. The van der Waals surface area contributed by atoms with E-state index < -0.39 is 0 Å². The van der Waals surface area contributed by atoms with Gasteiger partial charge in [-0.2, -0.15) is 0 Å². The van der Waals surface area contributed by atoms with Gasteiger partial charge in [-0.05, 0) is 69.0 Å². The van der Waals surface area contributed by atoms with Crippen molar-refractivity contribution in [1.29, 1.82) is 0 Å². The van der Waals surface area contributed by atoms with Gasteiger partial charge in [-0.1, -0.05) is 59.2 Å². The lowest BCUT2D eigenvalue weighted by Gasteiger charge is -2.37. The number of methoxy groups -OCH3 is 1. The van der Waals surface area contributed by atoms with Crippen molar-refractivity contribution in [2.45, 2.75) is 27.7 Å². The van der Waals surface area contributed by atoms with E-state index in [1.54, 1.807) is 7.11 Å². The lowest BCUT2D eigenvalue weighted by Crippen LogP contribution is -2.20. The van der Waals surface area contributed by atoms with Crippen molar-refractivity contribution in [3.05, 3.63) is 101 Å². The number of nitrogens with zero attached hydrogens (tertiary/aromatic N) is 1. The maximum absolute atomic E-state index is 5.90. The number of fused-ring (bicyclic) bond motifs is 3. The van der Waals surface area contributed by atoms with Crippen LogP contribution in [0.4, 0.5) is 17.1 Å². The second kappa shape index (κ2) is 7.31. The van der Waals surface area contributed by atoms with Crippen molar-refractivity contribution in [3.63, 3.8) is 0 Å². The largest absolute Gasteiger partial charge is 0.495 e. The van der Waals surface area contributed by atoms with Gasteiger partial charge in [0.2, 0.25) is 0 Å². The summed E-state index contributed by atoms with van der Waals surface area (Å²) in [5.74, 6) is 0.873. The summed E-state index contributed by atoms with van der Waals surface area (Å²) >= 11 is 0. The molecule has 0 amide bonds. The average Bonchev–Trinajstić information content (AvgIpc) is 2.76. The Hall–Kier alpha value is -3.52. The van der Waals surface area contributed by atoms with Gasteiger partial charge in [0.1, 0.15) is 5.75 Å². The lowest BCUT2D eigenvalue weighted by molar-refractivity contribution is 0.416. The molecule has 4 aromatic carbocycles. The Morgan fingerprint density at radius 1 is 0.742 bits per heavy atom. The highest BCUT2D eigenvalue weighted by molar-refractivity contribution is 6.08. The van der Waals surface area contributed by atoms with E-state index in [2.05, 4.69) is 105 Å². The van der Waals surface area contributed by atoms with Crippen molar-refractivity contribution >= 4 is 33.4 Å². The van der Waals surface area contributed by atoms with Gasteiger partial charge >= 0.3 is 0 Å². The van der Waals surface area contributed by atoms with E-state index in [9.17, 15) is 0 Å². The highest BCUT2D eigenvalue weighted by Gasteiger charge is 2.30. The molecule has 0 spiro atoms. The number of rotatable bonds is 2. The number of hydrogen-bond donors (Lipinski definition) is 0. The summed E-state index contributed by atoms with van der Waals surface area (Å²) in [5.41, 5.74) is 11.2. The number of benzene rings is 4. The average molecular weight is 406 g/mol. The van der Waals surface area contributed by atoms with E-state index >= 15 is 0 Å². The van der Waals surface area contributed by atoms with Crippen LogP contribution in [0.5, 0.6) is 5.75 Å². The molecule has 5 rings (SSSR count). The molecule has 2 heteroatoms. The summed E-state index contributed by atoms with van der Waals surface area (Å²) in [6.45, 7) is 8.75. The standard InChI is InChI=1S/C29H27NO/c1-18(2)28-23-16-19(3)10-13-25(23)30(26-14-11-20(4)17-24(26)28)29-22-9-7-6-8-21(22)12-15-27(29)31-5/h6-17H,1-5H3. The fourth-order valence-electron chi connectivity index (χ4n) is 4.78. The molecule has 1 aliphatic heterocycles. The summed E-state index contributed by atoms with van der Waals surface area (Å²) in [7, 11) is 1.76. The molecule has 0 unspecified atom stereocenters.